The lowest BCUT2D eigenvalue weighted by Crippen LogP contribution is -2.37. The Morgan fingerprint density at radius 2 is 1.64 bits per heavy atom. The van der Waals surface area contributed by atoms with Gasteiger partial charge in [0.1, 0.15) is 5.75 Å². The first-order chi connectivity index (χ1) is 17.3. The average molecular weight is 551 g/mol. The van der Waals surface area contributed by atoms with E-state index in [2.05, 4.69) is 50.9 Å². The van der Waals surface area contributed by atoms with E-state index in [1.807, 2.05) is 36.4 Å². The molecule has 3 N–H and O–H groups in total. The first kappa shape index (κ1) is 26.6. The first-order valence-corrected chi connectivity index (χ1v) is 12.1. The van der Waals surface area contributed by atoms with Crippen LogP contribution in [0.15, 0.2) is 82.4 Å². The van der Waals surface area contributed by atoms with Gasteiger partial charge in [-0.1, -0.05) is 66.2 Å². The van der Waals surface area contributed by atoms with Crippen molar-refractivity contribution in [2.45, 2.75) is 26.3 Å². The second-order valence-corrected chi connectivity index (χ2v) is 9.08. The van der Waals surface area contributed by atoms with Gasteiger partial charge in [0.15, 0.2) is 6.61 Å². The highest BCUT2D eigenvalue weighted by atomic mass is 79.9. The van der Waals surface area contributed by atoms with Gasteiger partial charge < -0.3 is 15.4 Å². The van der Waals surface area contributed by atoms with Crippen LogP contribution in [0.4, 0.5) is 5.69 Å². The number of para-hydroxylation sites is 1. The molecule has 0 aliphatic heterocycles. The molecule has 3 aromatic rings. The minimum absolute atomic E-state index is 0.214. The largest absolute Gasteiger partial charge is 0.483 e. The molecule has 0 aliphatic carbocycles. The topological polar surface area (TPSA) is 109 Å². The van der Waals surface area contributed by atoms with Crippen molar-refractivity contribution in [3.8, 4) is 5.75 Å². The van der Waals surface area contributed by atoms with Crippen molar-refractivity contribution in [3.63, 3.8) is 0 Å². The second-order valence-electron chi connectivity index (χ2n) is 8.16. The minimum Gasteiger partial charge on any atom is -0.483 e. The summed E-state index contributed by atoms with van der Waals surface area (Å²) in [6.45, 7) is 4.23. The summed E-state index contributed by atoms with van der Waals surface area (Å²) in [4.78, 5) is 36.3. The van der Waals surface area contributed by atoms with Crippen molar-refractivity contribution in [2.24, 2.45) is 5.10 Å². The molecule has 0 heterocycles. The van der Waals surface area contributed by atoms with Crippen LogP contribution >= 0.6 is 15.9 Å². The van der Waals surface area contributed by atoms with Gasteiger partial charge in [-0.25, -0.2) is 5.43 Å². The Balaban J connectivity index is 1.47. The number of nitrogens with one attached hydrogen (secondary N) is 3. The minimum atomic E-state index is -0.891. The first-order valence-electron chi connectivity index (χ1n) is 11.3. The Morgan fingerprint density at radius 1 is 0.944 bits per heavy atom. The van der Waals surface area contributed by atoms with Crippen LogP contribution in [0.25, 0.3) is 0 Å². The van der Waals surface area contributed by atoms with Crippen LogP contribution in [-0.2, 0) is 20.9 Å². The number of hydrogen-bond donors (Lipinski definition) is 3. The third-order valence-electron chi connectivity index (χ3n) is 5.08. The predicted molar refractivity (Wildman–Crippen MR) is 143 cm³/mol. The Labute approximate surface area is 218 Å². The zero-order valence-corrected chi connectivity index (χ0v) is 21.5. The van der Waals surface area contributed by atoms with Crippen LogP contribution in [0.1, 0.15) is 36.5 Å². The molecule has 0 bridgehead atoms. The van der Waals surface area contributed by atoms with Gasteiger partial charge in [-0.3, -0.25) is 14.4 Å². The molecule has 3 rings (SSSR count). The maximum atomic E-state index is 12.2. The molecule has 0 radical (unpaired) electrons. The summed E-state index contributed by atoms with van der Waals surface area (Å²) in [5.74, 6) is -1.20. The van der Waals surface area contributed by atoms with Crippen molar-refractivity contribution in [1.29, 1.82) is 0 Å². The zero-order valence-electron chi connectivity index (χ0n) is 20.0. The highest BCUT2D eigenvalue weighted by molar-refractivity contribution is 9.10. The van der Waals surface area contributed by atoms with Gasteiger partial charge in [0.2, 0.25) is 0 Å². The SMILES string of the molecule is CC(C)c1ccc(CNC(=O)C(=O)N/N=C\c2ccccc2OCC(=O)Nc2ccc(Br)cc2)cc1. The molecule has 0 aliphatic rings. The van der Waals surface area contributed by atoms with Gasteiger partial charge in [-0.05, 0) is 53.4 Å². The fraction of sp³-hybridized carbons (Fsp3) is 0.185. The molecule has 186 valence electrons. The maximum absolute atomic E-state index is 12.2. The van der Waals surface area contributed by atoms with Crippen molar-refractivity contribution < 1.29 is 19.1 Å². The average Bonchev–Trinajstić information content (AvgIpc) is 2.88. The Bertz CT molecular complexity index is 1230. The third kappa shape index (κ3) is 8.35. The highest BCUT2D eigenvalue weighted by Gasteiger charge is 2.12. The van der Waals surface area contributed by atoms with E-state index in [1.165, 1.54) is 11.8 Å². The summed E-state index contributed by atoms with van der Waals surface area (Å²) in [6.07, 6.45) is 1.35. The van der Waals surface area contributed by atoms with E-state index in [1.54, 1.807) is 36.4 Å². The lowest BCUT2D eigenvalue weighted by molar-refractivity contribution is -0.139. The summed E-state index contributed by atoms with van der Waals surface area (Å²) in [7, 11) is 0. The quantitative estimate of drug-likeness (QED) is 0.209. The molecule has 0 unspecified atom stereocenters. The van der Waals surface area contributed by atoms with E-state index in [0.29, 0.717) is 22.9 Å². The Hall–Kier alpha value is -3.98. The van der Waals surface area contributed by atoms with Gasteiger partial charge in [0, 0.05) is 22.3 Å². The summed E-state index contributed by atoms with van der Waals surface area (Å²) in [5, 5.41) is 9.15. The van der Waals surface area contributed by atoms with E-state index in [-0.39, 0.29) is 19.1 Å². The number of benzene rings is 3. The van der Waals surface area contributed by atoms with Gasteiger partial charge in [0.05, 0.1) is 6.21 Å². The lowest BCUT2D eigenvalue weighted by Gasteiger charge is -2.10. The molecule has 8 nitrogen and oxygen atoms in total. The summed E-state index contributed by atoms with van der Waals surface area (Å²) >= 11 is 3.34. The van der Waals surface area contributed by atoms with Gasteiger partial charge in [0.25, 0.3) is 5.91 Å². The van der Waals surface area contributed by atoms with Crippen LogP contribution in [-0.4, -0.2) is 30.5 Å². The van der Waals surface area contributed by atoms with Crippen LogP contribution in [0.5, 0.6) is 5.75 Å². The molecule has 9 heteroatoms. The molecule has 0 saturated carbocycles. The summed E-state index contributed by atoms with van der Waals surface area (Å²) in [6, 6.07) is 21.9. The van der Waals surface area contributed by atoms with E-state index in [4.69, 9.17) is 4.74 Å². The molecule has 3 amide bonds. The van der Waals surface area contributed by atoms with Gasteiger partial charge in [-0.2, -0.15) is 5.10 Å². The molecule has 0 atom stereocenters. The van der Waals surface area contributed by atoms with Crippen LogP contribution in [0.2, 0.25) is 0 Å². The van der Waals surface area contributed by atoms with Crippen LogP contribution in [0, 0.1) is 0 Å². The number of rotatable bonds is 9. The monoisotopic (exact) mass is 550 g/mol. The van der Waals surface area contributed by atoms with E-state index in [9.17, 15) is 14.4 Å². The summed E-state index contributed by atoms with van der Waals surface area (Å²) < 4.78 is 6.51. The highest BCUT2D eigenvalue weighted by Crippen LogP contribution is 2.17. The Kier molecular flexibility index (Phi) is 9.76. The number of carbonyl (C=O) groups excluding carboxylic acids is 3. The van der Waals surface area contributed by atoms with Crippen molar-refractivity contribution in [1.82, 2.24) is 10.7 Å². The van der Waals surface area contributed by atoms with Gasteiger partial charge in [-0.15, -0.1) is 0 Å². The standard InChI is InChI=1S/C27H27BrN4O4/c1-18(2)20-9-7-19(8-10-20)15-29-26(34)27(35)32-30-16-21-5-3-4-6-24(21)36-17-25(33)31-23-13-11-22(28)12-14-23/h3-14,16,18H,15,17H2,1-2H3,(H,29,34)(H,31,33)(H,32,35)/b30-16-. The molecular formula is C27H27BrN4O4. The maximum Gasteiger partial charge on any atom is 0.329 e. The fourth-order valence-electron chi connectivity index (χ4n) is 3.09. The zero-order chi connectivity index (χ0) is 25.9. The number of ether oxygens (including phenoxy) is 1. The number of nitrogens with zero attached hydrogens (tertiary/aromatic N) is 1. The van der Waals surface area contributed by atoms with E-state index >= 15 is 0 Å². The van der Waals surface area contributed by atoms with E-state index < -0.39 is 11.8 Å². The molecule has 0 saturated heterocycles. The van der Waals surface area contributed by atoms with Crippen molar-refractivity contribution in [2.75, 3.05) is 11.9 Å². The van der Waals surface area contributed by atoms with Crippen LogP contribution < -0.4 is 20.8 Å². The second kappa shape index (κ2) is 13.2. The number of halogens is 1. The Morgan fingerprint density at radius 3 is 2.33 bits per heavy atom. The molecule has 3 aromatic carbocycles. The number of anilines is 1. The molecule has 0 fully saturated rings. The van der Waals surface area contributed by atoms with Crippen molar-refractivity contribution >= 4 is 45.6 Å². The molecule has 0 spiro atoms. The number of hydrazone groups is 1. The lowest BCUT2D eigenvalue weighted by atomic mass is 10.0. The number of carbonyl (C=O) groups is 3. The van der Waals surface area contributed by atoms with Gasteiger partial charge >= 0.3 is 11.8 Å². The van der Waals surface area contributed by atoms with E-state index in [0.717, 1.165) is 10.0 Å². The van der Waals surface area contributed by atoms with Crippen LogP contribution in [0.3, 0.4) is 0 Å². The third-order valence-corrected chi connectivity index (χ3v) is 5.61. The fourth-order valence-corrected chi connectivity index (χ4v) is 3.35. The normalized spacial score (nSPS) is 10.8. The molecular weight excluding hydrogens is 524 g/mol. The molecule has 36 heavy (non-hydrogen) atoms. The number of amides is 3. The smallest absolute Gasteiger partial charge is 0.329 e. The van der Waals surface area contributed by atoms with Crippen molar-refractivity contribution in [3.05, 3.63) is 94.0 Å². The summed E-state index contributed by atoms with van der Waals surface area (Å²) in [5.41, 5.74) is 5.47. The number of hydrogen-bond acceptors (Lipinski definition) is 5. The predicted octanol–water partition coefficient (Wildman–Crippen LogP) is 4.36. The molecule has 0 aromatic heterocycles.